The van der Waals surface area contributed by atoms with E-state index in [1.165, 1.54) is 17.4 Å². The summed E-state index contributed by atoms with van der Waals surface area (Å²) in [7, 11) is -2.00. The zero-order valence-corrected chi connectivity index (χ0v) is 13.1. The van der Waals surface area contributed by atoms with Gasteiger partial charge in [0.25, 0.3) is 0 Å². The van der Waals surface area contributed by atoms with Crippen molar-refractivity contribution in [1.29, 1.82) is 0 Å². The van der Waals surface area contributed by atoms with Crippen LogP contribution in [0.5, 0.6) is 0 Å². The first-order valence-electron chi connectivity index (χ1n) is 5.65. The van der Waals surface area contributed by atoms with Gasteiger partial charge in [0.15, 0.2) is 0 Å². The number of nitrogen functional groups attached to an aromatic ring is 1. The molecule has 0 saturated heterocycles. The monoisotopic (exact) mass is 331 g/mol. The lowest BCUT2D eigenvalue weighted by molar-refractivity contribution is 0.598. The normalized spacial score (nSPS) is 11.6. The van der Waals surface area contributed by atoms with Gasteiger partial charge in [-0.25, -0.2) is 13.6 Å². The number of hydrogen-bond donors (Lipinski definition) is 2. The van der Waals surface area contributed by atoms with Crippen molar-refractivity contribution in [3.8, 4) is 0 Å². The Hall–Kier alpha value is -1.28. The highest BCUT2D eigenvalue weighted by Gasteiger charge is 2.17. The Labute approximate surface area is 126 Å². The maximum absolute atomic E-state index is 11.5. The van der Waals surface area contributed by atoms with Crippen molar-refractivity contribution in [3.63, 3.8) is 0 Å². The fourth-order valence-electron chi connectivity index (χ4n) is 1.87. The molecule has 8 heteroatoms. The molecule has 2 rings (SSSR count). The largest absolute Gasteiger partial charge is 0.396 e. The Balaban J connectivity index is 2.33. The fraction of sp³-hybridized carbons (Fsp3) is 0.167. The Morgan fingerprint density at radius 2 is 2.00 bits per heavy atom. The Morgan fingerprint density at radius 3 is 2.55 bits per heavy atom. The van der Waals surface area contributed by atoms with Gasteiger partial charge in [0.1, 0.15) is 4.90 Å². The lowest BCUT2D eigenvalue weighted by atomic mass is 10.2. The van der Waals surface area contributed by atoms with Gasteiger partial charge in [-0.3, -0.25) is 0 Å². The van der Waals surface area contributed by atoms with Crippen LogP contribution in [0.25, 0.3) is 0 Å². The average Bonchev–Trinajstić information content (AvgIpc) is 2.73. The molecule has 0 aliphatic carbocycles. The number of nitrogens with two attached hydrogens (primary N) is 2. The van der Waals surface area contributed by atoms with Crippen molar-refractivity contribution < 1.29 is 8.42 Å². The number of para-hydroxylation sites is 1. The van der Waals surface area contributed by atoms with Gasteiger partial charge in [0.05, 0.1) is 22.3 Å². The van der Waals surface area contributed by atoms with Crippen LogP contribution < -0.4 is 15.8 Å². The molecule has 0 spiro atoms. The zero-order chi connectivity index (χ0) is 14.9. The molecule has 2 aromatic rings. The highest BCUT2D eigenvalue weighted by molar-refractivity contribution is 7.89. The second kappa shape index (κ2) is 5.61. The number of sulfonamides is 1. The third-order valence-corrected chi connectivity index (χ3v) is 4.97. The first kappa shape index (κ1) is 15.1. The van der Waals surface area contributed by atoms with Crippen LogP contribution in [0.3, 0.4) is 0 Å². The van der Waals surface area contributed by atoms with Gasteiger partial charge in [-0.1, -0.05) is 17.7 Å². The molecule has 1 aromatic heterocycles. The second-order valence-corrected chi connectivity index (χ2v) is 7.63. The number of nitrogens with zero attached hydrogens (tertiary/aromatic N) is 1. The number of halogens is 1. The molecule has 0 radical (unpaired) electrons. The zero-order valence-electron chi connectivity index (χ0n) is 10.7. The van der Waals surface area contributed by atoms with E-state index in [1.807, 2.05) is 24.1 Å². The molecule has 0 fully saturated rings. The van der Waals surface area contributed by atoms with E-state index in [9.17, 15) is 8.42 Å². The number of anilines is 2. The third-order valence-electron chi connectivity index (χ3n) is 2.78. The number of rotatable bonds is 4. The van der Waals surface area contributed by atoms with E-state index < -0.39 is 10.0 Å². The summed E-state index contributed by atoms with van der Waals surface area (Å²) in [5, 5.41) is 5.14. The highest BCUT2D eigenvalue weighted by atomic mass is 35.5. The molecule has 1 aromatic carbocycles. The van der Waals surface area contributed by atoms with Gasteiger partial charge in [-0.15, -0.1) is 11.3 Å². The highest BCUT2D eigenvalue weighted by Crippen LogP contribution is 2.30. The molecule has 0 saturated carbocycles. The van der Waals surface area contributed by atoms with Crippen LogP contribution in [0.2, 0.25) is 4.34 Å². The summed E-state index contributed by atoms with van der Waals surface area (Å²) in [6.45, 7) is 0.579. The molecule has 0 unspecified atom stereocenters. The number of hydrogen-bond acceptors (Lipinski definition) is 5. The van der Waals surface area contributed by atoms with Crippen LogP contribution >= 0.6 is 22.9 Å². The smallest absolute Gasteiger partial charge is 0.240 e. The molecule has 108 valence electrons. The van der Waals surface area contributed by atoms with Crippen molar-refractivity contribution in [2.75, 3.05) is 17.7 Å². The molecule has 0 aliphatic rings. The molecule has 20 heavy (non-hydrogen) atoms. The van der Waals surface area contributed by atoms with E-state index in [0.29, 0.717) is 16.6 Å². The van der Waals surface area contributed by atoms with Crippen molar-refractivity contribution in [2.45, 2.75) is 11.4 Å². The van der Waals surface area contributed by atoms with Gasteiger partial charge >= 0.3 is 0 Å². The van der Waals surface area contributed by atoms with Crippen LogP contribution in [-0.4, -0.2) is 15.5 Å². The standard InChI is InChI=1S/C12H14ClN3O2S2/c1-16(7-8-5-6-11(13)19-8)9-3-2-4-10(12(9)14)20(15,17)18/h2-6H,7,14H2,1H3,(H2,15,17,18). The number of benzene rings is 1. The van der Waals surface area contributed by atoms with E-state index >= 15 is 0 Å². The van der Waals surface area contributed by atoms with Crippen molar-refractivity contribution >= 4 is 44.3 Å². The maximum atomic E-state index is 11.5. The molecule has 0 amide bonds. The van der Waals surface area contributed by atoms with Crippen molar-refractivity contribution in [2.24, 2.45) is 5.14 Å². The SMILES string of the molecule is CN(Cc1ccc(Cl)s1)c1cccc(S(N)(=O)=O)c1N. The average molecular weight is 332 g/mol. The summed E-state index contributed by atoms with van der Waals surface area (Å²) in [6, 6.07) is 8.50. The first-order chi connectivity index (χ1) is 9.29. The molecule has 1 heterocycles. The van der Waals surface area contributed by atoms with E-state index in [-0.39, 0.29) is 10.6 Å². The Morgan fingerprint density at radius 1 is 1.30 bits per heavy atom. The molecule has 4 N–H and O–H groups in total. The summed E-state index contributed by atoms with van der Waals surface area (Å²) in [6.07, 6.45) is 0. The maximum Gasteiger partial charge on any atom is 0.240 e. The summed E-state index contributed by atoms with van der Waals surface area (Å²) in [4.78, 5) is 2.84. The van der Waals surface area contributed by atoms with Gasteiger partial charge in [0.2, 0.25) is 10.0 Å². The first-order valence-corrected chi connectivity index (χ1v) is 8.40. The minimum atomic E-state index is -3.83. The van der Waals surface area contributed by atoms with Crippen LogP contribution in [0.1, 0.15) is 4.88 Å². The Bertz CT molecular complexity index is 728. The molecule has 5 nitrogen and oxygen atoms in total. The van der Waals surface area contributed by atoms with Crippen molar-refractivity contribution in [1.82, 2.24) is 0 Å². The number of thiophene rings is 1. The van der Waals surface area contributed by atoms with E-state index in [1.54, 1.807) is 12.1 Å². The minimum Gasteiger partial charge on any atom is -0.396 e. The van der Waals surface area contributed by atoms with E-state index in [2.05, 4.69) is 0 Å². The lowest BCUT2D eigenvalue weighted by Crippen LogP contribution is -2.20. The summed E-state index contributed by atoms with van der Waals surface area (Å²) < 4.78 is 23.6. The summed E-state index contributed by atoms with van der Waals surface area (Å²) >= 11 is 7.35. The minimum absolute atomic E-state index is 0.0638. The van der Waals surface area contributed by atoms with Crippen LogP contribution in [-0.2, 0) is 16.6 Å². The van der Waals surface area contributed by atoms with Gasteiger partial charge < -0.3 is 10.6 Å². The summed E-state index contributed by atoms with van der Waals surface area (Å²) in [5.74, 6) is 0. The topological polar surface area (TPSA) is 89.4 Å². The summed E-state index contributed by atoms with van der Waals surface area (Å²) in [5.41, 5.74) is 6.67. The molecule has 0 bridgehead atoms. The number of primary sulfonamides is 1. The van der Waals surface area contributed by atoms with Gasteiger partial charge in [-0.2, -0.15) is 0 Å². The predicted octanol–water partition coefficient (Wildman–Crippen LogP) is 2.27. The Kier molecular flexibility index (Phi) is 4.24. The fourth-order valence-corrected chi connectivity index (χ4v) is 3.69. The van der Waals surface area contributed by atoms with Crippen LogP contribution in [0.15, 0.2) is 35.2 Å². The van der Waals surface area contributed by atoms with Crippen molar-refractivity contribution in [3.05, 3.63) is 39.5 Å². The van der Waals surface area contributed by atoms with Crippen LogP contribution in [0.4, 0.5) is 11.4 Å². The quantitative estimate of drug-likeness (QED) is 0.841. The van der Waals surface area contributed by atoms with E-state index in [0.717, 1.165) is 4.88 Å². The molecular formula is C12H14ClN3O2S2. The van der Waals surface area contributed by atoms with E-state index in [4.69, 9.17) is 22.5 Å². The third kappa shape index (κ3) is 3.24. The molecule has 0 aliphatic heterocycles. The second-order valence-electron chi connectivity index (χ2n) is 4.30. The van der Waals surface area contributed by atoms with Gasteiger partial charge in [0, 0.05) is 11.9 Å². The molecular weight excluding hydrogens is 318 g/mol. The van der Waals surface area contributed by atoms with Crippen LogP contribution in [0, 0.1) is 0 Å². The predicted molar refractivity (Wildman–Crippen MR) is 83.7 cm³/mol. The molecule has 0 atom stereocenters. The lowest BCUT2D eigenvalue weighted by Gasteiger charge is -2.21. The van der Waals surface area contributed by atoms with Gasteiger partial charge in [-0.05, 0) is 24.3 Å².